The van der Waals surface area contributed by atoms with Crippen molar-refractivity contribution in [3.05, 3.63) is 45.0 Å². The van der Waals surface area contributed by atoms with E-state index in [-0.39, 0.29) is 6.04 Å². The van der Waals surface area contributed by atoms with Crippen LogP contribution in [-0.2, 0) is 0 Å². The minimum atomic E-state index is 0.218. The molecule has 0 saturated carbocycles. The van der Waals surface area contributed by atoms with Gasteiger partial charge in [-0.25, -0.2) is 0 Å². The summed E-state index contributed by atoms with van der Waals surface area (Å²) in [7, 11) is 0. The molecule has 18 heavy (non-hydrogen) atoms. The average Bonchev–Trinajstić information content (AvgIpc) is 2.98. The van der Waals surface area contributed by atoms with Crippen molar-refractivity contribution in [2.75, 3.05) is 0 Å². The lowest BCUT2D eigenvalue weighted by molar-refractivity contribution is 0.375. The fraction of sp³-hybridized carbons (Fsp3) is 0.429. The molecule has 0 spiro atoms. The second kappa shape index (κ2) is 6.55. The summed E-state index contributed by atoms with van der Waals surface area (Å²) in [4.78, 5) is 1.40. The molecule has 2 heterocycles. The summed E-state index contributed by atoms with van der Waals surface area (Å²) < 4.78 is 6.39. The van der Waals surface area contributed by atoms with Crippen LogP contribution in [0.4, 0.5) is 0 Å². The van der Waals surface area contributed by atoms with Gasteiger partial charge < -0.3 is 4.42 Å². The molecular formula is C14H18BrNOS. The van der Waals surface area contributed by atoms with Crippen molar-refractivity contribution < 1.29 is 4.42 Å². The molecular weight excluding hydrogens is 310 g/mol. The van der Waals surface area contributed by atoms with E-state index >= 15 is 0 Å². The van der Waals surface area contributed by atoms with Gasteiger partial charge in [-0.3, -0.25) is 5.32 Å². The van der Waals surface area contributed by atoms with Gasteiger partial charge in [0.1, 0.15) is 5.76 Å². The first-order valence-corrected chi connectivity index (χ1v) is 7.92. The Kier molecular flexibility index (Phi) is 5.03. The zero-order valence-electron chi connectivity index (χ0n) is 10.7. The lowest BCUT2D eigenvalue weighted by Crippen LogP contribution is -2.23. The van der Waals surface area contributed by atoms with Crippen LogP contribution >= 0.6 is 27.3 Å². The zero-order valence-corrected chi connectivity index (χ0v) is 13.1. The number of rotatable bonds is 6. The maximum absolute atomic E-state index is 5.60. The molecule has 2 rings (SSSR count). The first-order chi connectivity index (χ1) is 8.70. The predicted molar refractivity (Wildman–Crippen MR) is 79.9 cm³/mol. The Morgan fingerprint density at radius 2 is 2.22 bits per heavy atom. The van der Waals surface area contributed by atoms with E-state index in [1.165, 1.54) is 11.3 Å². The smallest absolute Gasteiger partial charge is 0.169 e. The number of furan rings is 1. The Balaban J connectivity index is 2.05. The zero-order chi connectivity index (χ0) is 13.0. The highest BCUT2D eigenvalue weighted by molar-refractivity contribution is 9.10. The normalized spacial score (nSPS) is 14.6. The lowest BCUT2D eigenvalue weighted by atomic mass is 10.1. The molecule has 0 amide bonds. The molecule has 2 unspecified atom stereocenters. The standard InChI is InChI=1S/C14H18BrNOS/c1-3-5-11(13-6-4-9-18-13)16-10(2)12-7-8-14(15)17-12/h4,6-11,16H,3,5H2,1-2H3. The first-order valence-electron chi connectivity index (χ1n) is 6.25. The summed E-state index contributed by atoms with van der Waals surface area (Å²) in [5, 5.41) is 5.78. The number of halogens is 1. The summed E-state index contributed by atoms with van der Waals surface area (Å²) in [5.74, 6) is 0.972. The van der Waals surface area contributed by atoms with Gasteiger partial charge in [-0.2, -0.15) is 0 Å². The van der Waals surface area contributed by atoms with E-state index in [0.717, 1.165) is 16.9 Å². The van der Waals surface area contributed by atoms with E-state index < -0.39 is 0 Å². The molecule has 1 N–H and O–H groups in total. The SMILES string of the molecule is CCCC(NC(C)c1ccc(Br)o1)c1cccs1. The maximum Gasteiger partial charge on any atom is 0.169 e. The van der Waals surface area contributed by atoms with Crippen LogP contribution < -0.4 is 5.32 Å². The van der Waals surface area contributed by atoms with E-state index in [9.17, 15) is 0 Å². The molecule has 4 heteroatoms. The van der Waals surface area contributed by atoms with Crippen molar-refractivity contribution in [2.45, 2.75) is 38.8 Å². The van der Waals surface area contributed by atoms with E-state index in [1.54, 1.807) is 0 Å². The Morgan fingerprint density at radius 3 is 2.78 bits per heavy atom. The van der Waals surface area contributed by atoms with Crippen molar-refractivity contribution in [2.24, 2.45) is 0 Å². The number of thiophene rings is 1. The van der Waals surface area contributed by atoms with Gasteiger partial charge in [0.15, 0.2) is 4.67 Å². The highest BCUT2D eigenvalue weighted by Gasteiger charge is 2.17. The Bertz CT molecular complexity index is 466. The molecule has 2 aromatic heterocycles. The second-order valence-electron chi connectivity index (χ2n) is 4.39. The van der Waals surface area contributed by atoms with Gasteiger partial charge >= 0.3 is 0 Å². The van der Waals surface area contributed by atoms with Crippen LogP contribution in [0.5, 0.6) is 0 Å². The molecule has 0 fully saturated rings. The summed E-state index contributed by atoms with van der Waals surface area (Å²) >= 11 is 5.15. The van der Waals surface area contributed by atoms with E-state index in [0.29, 0.717) is 6.04 Å². The minimum absolute atomic E-state index is 0.218. The molecule has 2 atom stereocenters. The molecule has 0 aliphatic carbocycles. The lowest BCUT2D eigenvalue weighted by Gasteiger charge is -2.21. The van der Waals surface area contributed by atoms with Gasteiger partial charge in [0.2, 0.25) is 0 Å². The monoisotopic (exact) mass is 327 g/mol. The molecule has 2 aromatic rings. The van der Waals surface area contributed by atoms with Crippen LogP contribution in [-0.4, -0.2) is 0 Å². The summed E-state index contributed by atoms with van der Waals surface area (Å²) in [6.07, 6.45) is 2.32. The van der Waals surface area contributed by atoms with Gasteiger partial charge in [0.25, 0.3) is 0 Å². The quantitative estimate of drug-likeness (QED) is 0.779. The van der Waals surface area contributed by atoms with Crippen LogP contribution in [0.25, 0.3) is 0 Å². The molecule has 2 nitrogen and oxygen atoms in total. The molecule has 0 saturated heterocycles. The second-order valence-corrected chi connectivity index (χ2v) is 6.15. The molecule has 0 bridgehead atoms. The summed E-state index contributed by atoms with van der Waals surface area (Å²) in [5.41, 5.74) is 0. The Hall–Kier alpha value is -0.580. The Morgan fingerprint density at radius 1 is 1.39 bits per heavy atom. The fourth-order valence-electron chi connectivity index (χ4n) is 2.03. The molecule has 0 radical (unpaired) electrons. The molecule has 0 aliphatic rings. The topological polar surface area (TPSA) is 25.2 Å². The first kappa shape index (κ1) is 13.8. The van der Waals surface area contributed by atoms with Gasteiger partial charge in [-0.05, 0) is 52.9 Å². The predicted octanol–water partition coefficient (Wildman–Crippen LogP) is 5.30. The number of hydrogen-bond donors (Lipinski definition) is 1. The van der Waals surface area contributed by atoms with Gasteiger partial charge in [-0.15, -0.1) is 11.3 Å². The maximum atomic E-state index is 5.60. The van der Waals surface area contributed by atoms with Crippen LogP contribution in [0.1, 0.15) is 49.4 Å². The van der Waals surface area contributed by atoms with E-state index in [4.69, 9.17) is 4.42 Å². The van der Waals surface area contributed by atoms with Crippen molar-refractivity contribution in [3.8, 4) is 0 Å². The van der Waals surface area contributed by atoms with E-state index in [2.05, 4.69) is 52.6 Å². The van der Waals surface area contributed by atoms with Crippen molar-refractivity contribution in [1.82, 2.24) is 5.32 Å². The third-order valence-electron chi connectivity index (χ3n) is 2.94. The van der Waals surface area contributed by atoms with Crippen molar-refractivity contribution >= 4 is 27.3 Å². The van der Waals surface area contributed by atoms with Crippen LogP contribution in [0.15, 0.2) is 38.7 Å². The summed E-state index contributed by atoms with van der Waals surface area (Å²) in [6, 6.07) is 8.89. The van der Waals surface area contributed by atoms with E-state index in [1.807, 2.05) is 23.5 Å². The highest BCUT2D eigenvalue weighted by Crippen LogP contribution is 2.28. The molecule has 0 aromatic carbocycles. The number of nitrogens with one attached hydrogen (secondary N) is 1. The third kappa shape index (κ3) is 3.46. The molecule has 0 aliphatic heterocycles. The minimum Gasteiger partial charge on any atom is -0.453 e. The van der Waals surface area contributed by atoms with Gasteiger partial charge in [0, 0.05) is 10.9 Å². The molecule has 98 valence electrons. The van der Waals surface area contributed by atoms with Crippen molar-refractivity contribution in [3.63, 3.8) is 0 Å². The van der Waals surface area contributed by atoms with Gasteiger partial charge in [-0.1, -0.05) is 19.4 Å². The Labute approximate surface area is 121 Å². The van der Waals surface area contributed by atoms with Crippen LogP contribution in [0.2, 0.25) is 0 Å². The van der Waals surface area contributed by atoms with Gasteiger partial charge in [0.05, 0.1) is 6.04 Å². The average molecular weight is 328 g/mol. The van der Waals surface area contributed by atoms with Crippen LogP contribution in [0, 0.1) is 0 Å². The largest absolute Gasteiger partial charge is 0.453 e. The highest BCUT2D eigenvalue weighted by atomic mass is 79.9. The number of hydrogen-bond acceptors (Lipinski definition) is 3. The van der Waals surface area contributed by atoms with Crippen LogP contribution in [0.3, 0.4) is 0 Å². The third-order valence-corrected chi connectivity index (χ3v) is 4.35. The summed E-state index contributed by atoms with van der Waals surface area (Å²) in [6.45, 7) is 4.36. The fourth-order valence-corrected chi connectivity index (χ4v) is 3.17. The van der Waals surface area contributed by atoms with Crippen molar-refractivity contribution in [1.29, 1.82) is 0 Å².